The summed E-state index contributed by atoms with van der Waals surface area (Å²) in [6.45, 7) is 5.80. The van der Waals surface area contributed by atoms with Crippen LogP contribution in [0.2, 0.25) is 0 Å². The molecule has 1 N–H and O–H groups in total. The van der Waals surface area contributed by atoms with Crippen LogP contribution in [0.15, 0.2) is 12.3 Å². The van der Waals surface area contributed by atoms with E-state index in [1.165, 1.54) is 63.7 Å². The Kier molecular flexibility index (Phi) is 4.65. The molecule has 0 spiro atoms. The van der Waals surface area contributed by atoms with E-state index in [0.29, 0.717) is 11.6 Å². The smallest absolute Gasteiger partial charge is 0.0678 e. The molecule has 4 nitrogen and oxygen atoms in total. The lowest BCUT2D eigenvalue weighted by molar-refractivity contribution is 0.0341. The molecule has 1 aliphatic carbocycles. The van der Waals surface area contributed by atoms with E-state index in [1.54, 1.807) is 0 Å². The summed E-state index contributed by atoms with van der Waals surface area (Å²) in [4.78, 5) is 2.81. The van der Waals surface area contributed by atoms with Gasteiger partial charge >= 0.3 is 0 Å². The summed E-state index contributed by atoms with van der Waals surface area (Å²) in [5.74, 6) is 0. The van der Waals surface area contributed by atoms with E-state index >= 15 is 0 Å². The molecular formula is C17H30N4. The van der Waals surface area contributed by atoms with Crippen molar-refractivity contribution in [1.82, 2.24) is 20.0 Å². The Morgan fingerprint density at radius 3 is 2.48 bits per heavy atom. The number of piperidine rings is 1. The van der Waals surface area contributed by atoms with E-state index in [1.807, 2.05) is 6.20 Å². The van der Waals surface area contributed by atoms with Crippen molar-refractivity contribution in [3.8, 4) is 0 Å². The van der Waals surface area contributed by atoms with Crippen molar-refractivity contribution in [2.24, 2.45) is 7.05 Å². The third-order valence-corrected chi connectivity index (χ3v) is 5.56. The highest BCUT2D eigenvalue weighted by atomic mass is 15.3. The van der Waals surface area contributed by atoms with Crippen molar-refractivity contribution in [3.63, 3.8) is 0 Å². The summed E-state index contributed by atoms with van der Waals surface area (Å²) in [6, 6.07) is 2.62. The second-order valence-corrected chi connectivity index (χ2v) is 6.73. The third-order valence-electron chi connectivity index (χ3n) is 5.56. The third kappa shape index (κ3) is 2.76. The number of nitrogens with zero attached hydrogens (tertiary/aromatic N) is 3. The van der Waals surface area contributed by atoms with Gasteiger partial charge in [0.05, 0.1) is 11.7 Å². The molecule has 4 heteroatoms. The number of likely N-dealkylation sites (tertiary alicyclic amines) is 1. The molecule has 0 aromatic carbocycles. The fourth-order valence-corrected chi connectivity index (χ4v) is 4.56. The van der Waals surface area contributed by atoms with Crippen LogP contribution in [0.25, 0.3) is 0 Å². The van der Waals surface area contributed by atoms with Crippen molar-refractivity contribution in [2.75, 3.05) is 19.6 Å². The van der Waals surface area contributed by atoms with E-state index in [0.717, 1.165) is 6.54 Å². The molecule has 0 radical (unpaired) electrons. The Bertz CT molecular complexity index is 441. The van der Waals surface area contributed by atoms with Gasteiger partial charge < -0.3 is 5.32 Å². The van der Waals surface area contributed by atoms with E-state index in [9.17, 15) is 0 Å². The minimum absolute atomic E-state index is 0.310. The molecule has 3 rings (SSSR count). The number of rotatable bonds is 5. The highest BCUT2D eigenvalue weighted by Gasteiger charge is 2.47. The molecule has 2 aliphatic rings. The van der Waals surface area contributed by atoms with Gasteiger partial charge in [0.25, 0.3) is 0 Å². The molecule has 1 aromatic heterocycles. The molecular weight excluding hydrogens is 260 g/mol. The van der Waals surface area contributed by atoms with E-state index < -0.39 is 0 Å². The predicted molar refractivity (Wildman–Crippen MR) is 86.2 cm³/mol. The summed E-state index contributed by atoms with van der Waals surface area (Å²) in [6.07, 6.45) is 11.5. The van der Waals surface area contributed by atoms with Crippen LogP contribution in [-0.2, 0) is 7.05 Å². The van der Waals surface area contributed by atoms with Gasteiger partial charge in [0.15, 0.2) is 0 Å². The minimum Gasteiger partial charge on any atom is -0.307 e. The molecule has 1 aromatic rings. The van der Waals surface area contributed by atoms with Crippen LogP contribution in [0.3, 0.4) is 0 Å². The Labute approximate surface area is 128 Å². The Balaban J connectivity index is 1.94. The number of hydrogen-bond acceptors (Lipinski definition) is 3. The zero-order chi connectivity index (χ0) is 14.7. The Morgan fingerprint density at radius 2 is 1.90 bits per heavy atom. The molecule has 0 bridgehead atoms. The fourth-order valence-electron chi connectivity index (χ4n) is 4.56. The largest absolute Gasteiger partial charge is 0.307 e. The predicted octanol–water partition coefficient (Wildman–Crippen LogP) is 2.87. The maximum absolute atomic E-state index is 4.43. The molecule has 1 aliphatic heterocycles. The Hall–Kier alpha value is -0.870. The van der Waals surface area contributed by atoms with Crippen LogP contribution < -0.4 is 5.32 Å². The molecule has 1 atom stereocenters. The lowest BCUT2D eigenvalue weighted by Gasteiger charge is -2.48. The first-order valence-electron chi connectivity index (χ1n) is 8.74. The summed E-state index contributed by atoms with van der Waals surface area (Å²) >= 11 is 0. The average molecular weight is 290 g/mol. The number of aryl methyl sites for hydroxylation is 1. The van der Waals surface area contributed by atoms with Gasteiger partial charge in [-0.2, -0.15) is 5.10 Å². The highest BCUT2D eigenvalue weighted by molar-refractivity contribution is 5.17. The van der Waals surface area contributed by atoms with Crippen LogP contribution in [0, 0.1) is 0 Å². The fraction of sp³-hybridized carbons (Fsp3) is 0.824. The van der Waals surface area contributed by atoms with Crippen LogP contribution >= 0.6 is 0 Å². The van der Waals surface area contributed by atoms with Crippen molar-refractivity contribution in [3.05, 3.63) is 18.0 Å². The first-order chi connectivity index (χ1) is 10.3. The van der Waals surface area contributed by atoms with Crippen LogP contribution in [-0.4, -0.2) is 39.9 Å². The maximum Gasteiger partial charge on any atom is 0.0678 e. The van der Waals surface area contributed by atoms with Gasteiger partial charge in [0, 0.05) is 18.8 Å². The van der Waals surface area contributed by atoms with Crippen LogP contribution in [0.4, 0.5) is 0 Å². The summed E-state index contributed by atoms with van der Waals surface area (Å²) < 4.78 is 2.07. The summed E-state index contributed by atoms with van der Waals surface area (Å²) in [7, 11) is 2.08. The lowest BCUT2D eigenvalue weighted by Crippen LogP contribution is -2.57. The van der Waals surface area contributed by atoms with Gasteiger partial charge in [-0.1, -0.05) is 26.2 Å². The van der Waals surface area contributed by atoms with E-state index in [2.05, 4.69) is 40.0 Å². The second kappa shape index (κ2) is 6.49. The van der Waals surface area contributed by atoms with Gasteiger partial charge in [0.2, 0.25) is 0 Å². The van der Waals surface area contributed by atoms with Gasteiger partial charge in [-0.15, -0.1) is 0 Å². The first kappa shape index (κ1) is 15.0. The van der Waals surface area contributed by atoms with Crippen molar-refractivity contribution < 1.29 is 0 Å². The molecule has 2 fully saturated rings. The monoisotopic (exact) mass is 290 g/mol. The van der Waals surface area contributed by atoms with Crippen molar-refractivity contribution in [2.45, 2.75) is 63.5 Å². The van der Waals surface area contributed by atoms with Gasteiger partial charge in [0.1, 0.15) is 0 Å². The molecule has 1 unspecified atom stereocenters. The summed E-state index contributed by atoms with van der Waals surface area (Å²) in [5.41, 5.74) is 1.66. The SMILES string of the molecule is CCNC(c1ccnn1C)C1(N2CCCCC2)CCCC1. The number of hydrogen-bond donors (Lipinski definition) is 1. The lowest BCUT2D eigenvalue weighted by atomic mass is 9.82. The first-order valence-corrected chi connectivity index (χ1v) is 8.74. The van der Waals surface area contributed by atoms with E-state index in [4.69, 9.17) is 0 Å². The summed E-state index contributed by atoms with van der Waals surface area (Å²) in [5, 5.41) is 8.23. The number of nitrogens with one attached hydrogen (secondary N) is 1. The van der Waals surface area contributed by atoms with Crippen LogP contribution in [0.5, 0.6) is 0 Å². The maximum atomic E-state index is 4.43. The number of likely N-dealkylation sites (N-methyl/N-ethyl adjacent to an activating group) is 1. The Morgan fingerprint density at radius 1 is 1.19 bits per heavy atom. The van der Waals surface area contributed by atoms with Gasteiger partial charge in [-0.05, 0) is 51.4 Å². The number of aromatic nitrogens is 2. The molecule has 118 valence electrons. The average Bonchev–Trinajstić information content (AvgIpc) is 3.16. The molecule has 1 saturated heterocycles. The van der Waals surface area contributed by atoms with E-state index in [-0.39, 0.29) is 0 Å². The normalized spacial score (nSPS) is 24.3. The zero-order valence-electron chi connectivity index (χ0n) is 13.6. The standard InChI is InChI=1S/C17H30N4/c1-3-18-16(15-9-12-19-20(15)2)17(10-5-6-11-17)21-13-7-4-8-14-21/h9,12,16,18H,3-8,10-11,13-14H2,1-2H3. The zero-order valence-corrected chi connectivity index (χ0v) is 13.6. The quantitative estimate of drug-likeness (QED) is 0.905. The van der Waals surface area contributed by atoms with Gasteiger partial charge in [-0.3, -0.25) is 9.58 Å². The second-order valence-electron chi connectivity index (χ2n) is 6.73. The van der Waals surface area contributed by atoms with Crippen LogP contribution in [0.1, 0.15) is 63.6 Å². The highest BCUT2D eigenvalue weighted by Crippen LogP contribution is 2.45. The minimum atomic E-state index is 0.310. The van der Waals surface area contributed by atoms with Crippen molar-refractivity contribution >= 4 is 0 Å². The van der Waals surface area contributed by atoms with Gasteiger partial charge in [-0.25, -0.2) is 0 Å². The molecule has 1 saturated carbocycles. The molecule has 2 heterocycles. The topological polar surface area (TPSA) is 33.1 Å². The molecule has 0 amide bonds. The molecule has 21 heavy (non-hydrogen) atoms. The van der Waals surface area contributed by atoms with Crippen molar-refractivity contribution in [1.29, 1.82) is 0 Å².